The van der Waals surface area contributed by atoms with Gasteiger partial charge in [-0.05, 0) is 6.16 Å². The first kappa shape index (κ1) is 34.3. The molecule has 8 heavy (non-hydrogen) atoms. The molecule has 0 rings (SSSR count). The third kappa shape index (κ3) is 157. The van der Waals surface area contributed by atoms with Crippen molar-refractivity contribution in [3.05, 3.63) is 0 Å². The first-order chi connectivity index (χ1) is 1.73. The van der Waals surface area contributed by atoms with Crippen LogP contribution >= 0.6 is 0 Å². The molecule has 0 N–H and O–H groups in total. The van der Waals surface area contributed by atoms with Gasteiger partial charge in [0.05, 0.1) is 0 Å². The van der Waals surface area contributed by atoms with E-state index in [-0.39, 0.29) is 83.4 Å². The van der Waals surface area contributed by atoms with Gasteiger partial charge < -0.3 is 26.0 Å². The molecule has 0 amide bonds. The van der Waals surface area contributed by atoms with Crippen LogP contribution in [-0.4, -0.2) is 6.16 Å². The van der Waals surface area contributed by atoms with Gasteiger partial charge in [-0.2, -0.15) is 0 Å². The van der Waals surface area contributed by atoms with E-state index in [1.807, 2.05) is 0 Å². The second-order valence-corrected chi connectivity index (χ2v) is 0.250. The second-order valence-electron chi connectivity index (χ2n) is 0.250. The van der Waals surface area contributed by atoms with Crippen molar-refractivity contribution >= 4 is 6.16 Å². The maximum absolute atomic E-state index is 8.33. The van der Waals surface area contributed by atoms with Crippen molar-refractivity contribution in [3.63, 3.8) is 0 Å². The Bertz CT molecular complexity index is 35.4. The van der Waals surface area contributed by atoms with E-state index in [1.165, 1.54) is 0 Å². The fourth-order valence-electron chi connectivity index (χ4n) is 0. The Balaban J connectivity index is -0.00000000750. The number of rotatable bonds is 0. The molecule has 0 saturated carbocycles. The molecule has 0 spiro atoms. The van der Waals surface area contributed by atoms with E-state index < -0.39 is 6.16 Å². The first-order valence-corrected chi connectivity index (χ1v) is 0.612. The summed E-state index contributed by atoms with van der Waals surface area (Å²) in [6.07, 6.45) is -2.33. The predicted molar refractivity (Wildman–Crippen MR) is 6.77 cm³/mol. The van der Waals surface area contributed by atoms with Crippen molar-refractivity contribution < 1.29 is 98.4 Å². The van der Waals surface area contributed by atoms with Crippen molar-refractivity contribution in [3.8, 4) is 0 Å². The van der Waals surface area contributed by atoms with Gasteiger partial charge in [0, 0.05) is 14.3 Å². The minimum absolute atomic E-state index is 0. The summed E-state index contributed by atoms with van der Waals surface area (Å²) in [6.45, 7) is 0. The zero-order chi connectivity index (χ0) is 3.58. The molecule has 0 aliphatic carbocycles. The summed E-state index contributed by atoms with van der Waals surface area (Å²) < 4.78 is 0. The molecule has 0 aliphatic rings. The van der Waals surface area contributed by atoms with Crippen LogP contribution in [0.5, 0.6) is 0 Å². The summed E-state index contributed by atoms with van der Waals surface area (Å²) in [6, 6.07) is 0. The van der Waals surface area contributed by atoms with Gasteiger partial charge in [-0.15, -0.1) is 0 Å². The molecule has 0 fully saturated rings. The summed E-state index contributed by atoms with van der Waals surface area (Å²) in [7, 11) is 0. The average molecular weight is 420 g/mol. The van der Waals surface area contributed by atoms with Gasteiger partial charge in [0.25, 0.3) is 0 Å². The van der Waals surface area contributed by atoms with Crippen LogP contribution in [0, 0.1) is 14.3 Å². The monoisotopic (exact) mass is 418 g/mol. The molecule has 7 heteroatoms. The topological polar surface area (TPSA) is 120 Å². The van der Waals surface area contributed by atoms with E-state index in [0.29, 0.717) is 0 Å². The summed E-state index contributed by atoms with van der Waals surface area (Å²) >= 11 is 0. The summed E-state index contributed by atoms with van der Waals surface area (Å²) in [5.74, 6) is 0. The molecular weight excluding hydrogens is 420 g/mol. The summed E-state index contributed by atoms with van der Waals surface area (Å²) in [4.78, 5) is 8.33. The number of carbonyl (C=O) groups excluding carboxylic acids is 1. The molecule has 0 aromatic rings. The molecule has 0 unspecified atom stereocenters. The van der Waals surface area contributed by atoms with Crippen LogP contribution in [0.25, 0.3) is 0 Å². The zero-order valence-electron chi connectivity index (χ0n) is 3.92. The van der Waals surface area contributed by atoms with E-state index in [9.17, 15) is 0 Å². The van der Waals surface area contributed by atoms with Gasteiger partial charge >= 0.3 is 58.2 Å². The Labute approximate surface area is 103 Å². The van der Waals surface area contributed by atoms with E-state index in [4.69, 9.17) is 15.0 Å². The van der Waals surface area contributed by atoms with Crippen LogP contribution in [0.1, 0.15) is 0 Å². The Kier molecular flexibility index (Phi) is 102. The maximum Gasteiger partial charge on any atom is 1.00 e. The third-order valence-corrected chi connectivity index (χ3v) is 0. The van der Waals surface area contributed by atoms with Crippen LogP contribution in [0.2, 0.25) is 0 Å². The molecule has 47 valence electrons. The summed E-state index contributed by atoms with van der Waals surface area (Å²) in [5.41, 5.74) is 0. The first-order valence-electron chi connectivity index (χ1n) is 0.612. The minimum atomic E-state index is -2.33. The molecule has 0 heterocycles. The summed E-state index contributed by atoms with van der Waals surface area (Å²) in [5, 5.41) is 16.7. The molecule has 5 nitrogen and oxygen atoms in total. The zero-order valence-corrected chi connectivity index (χ0v) is 12.0. The van der Waals surface area contributed by atoms with Crippen LogP contribution in [0.15, 0.2) is 0 Å². The molecular formula is CAmO5Rb-5. The van der Waals surface area contributed by atoms with Gasteiger partial charge in [0.15, 0.2) is 0 Å². The molecule has 0 saturated heterocycles. The Hall–Kier alpha value is 1.38. The molecule has 1 radical (unpaired) electrons. The molecule has 0 aliphatic heterocycles. The number of hydrogen-bond donors (Lipinski definition) is 0. The fourth-order valence-corrected chi connectivity index (χ4v) is 0. The van der Waals surface area contributed by atoms with Crippen molar-refractivity contribution in [2.24, 2.45) is 0 Å². The SMILES string of the molecule is O=C([O-])[O-].[Am].[O-2].[O-2].[Rb+]. The van der Waals surface area contributed by atoms with Gasteiger partial charge in [0.1, 0.15) is 0 Å². The van der Waals surface area contributed by atoms with Crippen LogP contribution in [0.4, 0.5) is 4.79 Å². The van der Waals surface area contributed by atoms with E-state index in [0.717, 1.165) is 0 Å². The Morgan fingerprint density at radius 1 is 1.12 bits per heavy atom. The normalized spacial score (nSPS) is 3.00. The van der Waals surface area contributed by atoms with Crippen molar-refractivity contribution in [1.29, 1.82) is 0 Å². The molecule has 0 bridgehead atoms. The second kappa shape index (κ2) is 23.8. The average Bonchev–Trinajstić information content (AvgIpc) is 0.811. The van der Waals surface area contributed by atoms with Crippen LogP contribution in [-0.2, 0) is 11.0 Å². The largest absolute Gasteiger partial charge is 2.00 e. The third-order valence-electron chi connectivity index (χ3n) is 0. The predicted octanol–water partition coefficient (Wildman–Crippen LogP) is -5.68. The Morgan fingerprint density at radius 2 is 1.12 bits per heavy atom. The van der Waals surface area contributed by atoms with Gasteiger partial charge in [0.2, 0.25) is 0 Å². The molecule has 0 aromatic heterocycles. The van der Waals surface area contributed by atoms with Crippen molar-refractivity contribution in [2.75, 3.05) is 0 Å². The van der Waals surface area contributed by atoms with E-state index >= 15 is 0 Å². The number of carboxylic acid groups (broad SMARTS) is 2. The van der Waals surface area contributed by atoms with Crippen molar-refractivity contribution in [2.45, 2.75) is 0 Å². The van der Waals surface area contributed by atoms with Gasteiger partial charge in [-0.1, -0.05) is 0 Å². The standard InChI is InChI=1S/CH2O3.Am.2O.Rb/c2-1(3)4;;;;/h(H2,2,3,4);;;;/q;;2*-2;+1/p-2. The smallest absolute Gasteiger partial charge is 1.00 e. The quantitative estimate of drug-likeness (QED) is 0.388. The molecule has 0 aromatic carbocycles. The van der Waals surface area contributed by atoms with Gasteiger partial charge in [-0.3, -0.25) is 0 Å². The fraction of sp³-hybridized carbons (Fsp3) is 0. The maximum atomic E-state index is 8.33. The van der Waals surface area contributed by atoms with Crippen LogP contribution < -0.4 is 68.4 Å². The minimum Gasteiger partial charge on any atom is -2.00 e. The van der Waals surface area contributed by atoms with E-state index in [1.54, 1.807) is 0 Å². The van der Waals surface area contributed by atoms with Gasteiger partial charge in [-0.25, -0.2) is 0 Å². The molecule has 0 atom stereocenters. The Morgan fingerprint density at radius 3 is 1.12 bits per heavy atom. The van der Waals surface area contributed by atoms with Crippen LogP contribution in [0.3, 0.4) is 0 Å². The number of carbonyl (C=O) groups is 1. The van der Waals surface area contributed by atoms with Crippen molar-refractivity contribution in [1.82, 2.24) is 0 Å². The van der Waals surface area contributed by atoms with E-state index in [2.05, 4.69) is 0 Å². The number of hydrogen-bond acceptors (Lipinski definition) is 3.